The van der Waals surface area contributed by atoms with E-state index in [2.05, 4.69) is 32.6 Å². The van der Waals surface area contributed by atoms with Gasteiger partial charge in [0.15, 0.2) is 0 Å². The molecule has 3 heteroatoms. The molecular weight excluding hydrogens is 212 g/mol. The SMILES string of the molecule is COCCN(C(C)C1CC1)C(CN)C(C)(C)C. The Morgan fingerprint density at radius 2 is 1.94 bits per heavy atom. The molecule has 0 heterocycles. The van der Waals surface area contributed by atoms with Crippen LogP contribution in [0.1, 0.15) is 40.5 Å². The lowest BCUT2D eigenvalue weighted by molar-refractivity contribution is 0.0361. The lowest BCUT2D eigenvalue weighted by Gasteiger charge is -2.43. The van der Waals surface area contributed by atoms with Crippen molar-refractivity contribution in [2.24, 2.45) is 17.1 Å². The van der Waals surface area contributed by atoms with E-state index in [9.17, 15) is 0 Å². The van der Waals surface area contributed by atoms with Crippen LogP contribution in [0.15, 0.2) is 0 Å². The van der Waals surface area contributed by atoms with Gasteiger partial charge < -0.3 is 10.5 Å². The van der Waals surface area contributed by atoms with Crippen LogP contribution >= 0.6 is 0 Å². The van der Waals surface area contributed by atoms with Crippen molar-refractivity contribution in [1.29, 1.82) is 0 Å². The van der Waals surface area contributed by atoms with Crippen molar-refractivity contribution >= 4 is 0 Å². The average molecular weight is 242 g/mol. The summed E-state index contributed by atoms with van der Waals surface area (Å²) < 4.78 is 5.25. The molecule has 1 fully saturated rings. The summed E-state index contributed by atoms with van der Waals surface area (Å²) in [5.74, 6) is 0.878. The number of nitrogens with zero attached hydrogens (tertiary/aromatic N) is 1. The maximum Gasteiger partial charge on any atom is 0.0589 e. The first-order valence-corrected chi connectivity index (χ1v) is 6.86. The fraction of sp³-hybridized carbons (Fsp3) is 1.00. The summed E-state index contributed by atoms with van der Waals surface area (Å²) in [5.41, 5.74) is 6.24. The zero-order valence-electron chi connectivity index (χ0n) is 12.2. The van der Waals surface area contributed by atoms with E-state index in [1.807, 2.05) is 0 Å². The van der Waals surface area contributed by atoms with Crippen LogP contribution in [-0.2, 0) is 4.74 Å². The van der Waals surface area contributed by atoms with E-state index in [1.165, 1.54) is 12.8 Å². The van der Waals surface area contributed by atoms with Gasteiger partial charge in [-0.05, 0) is 31.1 Å². The van der Waals surface area contributed by atoms with Crippen LogP contribution in [0.5, 0.6) is 0 Å². The van der Waals surface area contributed by atoms with E-state index in [4.69, 9.17) is 10.5 Å². The molecular formula is C14H30N2O. The minimum Gasteiger partial charge on any atom is -0.383 e. The quantitative estimate of drug-likeness (QED) is 0.743. The first kappa shape index (κ1) is 14.9. The fourth-order valence-electron chi connectivity index (χ4n) is 2.68. The molecule has 2 unspecified atom stereocenters. The number of methoxy groups -OCH3 is 1. The minimum atomic E-state index is 0.228. The van der Waals surface area contributed by atoms with E-state index in [0.29, 0.717) is 12.1 Å². The molecule has 0 aromatic rings. The predicted molar refractivity (Wildman–Crippen MR) is 73.1 cm³/mol. The molecule has 0 aromatic carbocycles. The van der Waals surface area contributed by atoms with Crippen LogP contribution in [0.4, 0.5) is 0 Å². The standard InChI is InChI=1S/C14H30N2O/c1-11(12-6-7-12)16(8-9-17-5)13(10-15)14(2,3)4/h11-13H,6-10,15H2,1-5H3. The molecule has 0 amide bonds. The van der Waals surface area contributed by atoms with Crippen LogP contribution in [0.3, 0.4) is 0 Å². The molecule has 0 spiro atoms. The molecule has 3 nitrogen and oxygen atoms in total. The highest BCUT2D eigenvalue weighted by Crippen LogP contribution is 2.37. The Bertz CT molecular complexity index is 221. The third-order valence-electron chi connectivity index (χ3n) is 4.00. The van der Waals surface area contributed by atoms with Gasteiger partial charge in [-0.1, -0.05) is 20.8 Å². The number of hydrogen-bond donors (Lipinski definition) is 1. The van der Waals surface area contributed by atoms with Gasteiger partial charge in [-0.3, -0.25) is 4.90 Å². The molecule has 1 rings (SSSR count). The number of rotatable bonds is 7. The van der Waals surface area contributed by atoms with Crippen LogP contribution in [-0.4, -0.2) is 43.8 Å². The zero-order valence-corrected chi connectivity index (χ0v) is 12.2. The zero-order chi connectivity index (χ0) is 13.1. The van der Waals surface area contributed by atoms with Gasteiger partial charge in [0.1, 0.15) is 0 Å². The van der Waals surface area contributed by atoms with Crippen molar-refractivity contribution < 1.29 is 4.74 Å². The topological polar surface area (TPSA) is 38.5 Å². The molecule has 2 N–H and O–H groups in total. The molecule has 102 valence electrons. The van der Waals surface area contributed by atoms with Gasteiger partial charge >= 0.3 is 0 Å². The van der Waals surface area contributed by atoms with E-state index < -0.39 is 0 Å². The fourth-order valence-corrected chi connectivity index (χ4v) is 2.68. The van der Waals surface area contributed by atoms with E-state index in [-0.39, 0.29) is 5.41 Å². The van der Waals surface area contributed by atoms with Crippen molar-refractivity contribution in [2.75, 3.05) is 26.8 Å². The number of hydrogen-bond acceptors (Lipinski definition) is 3. The summed E-state index contributed by atoms with van der Waals surface area (Å²) in [5, 5.41) is 0. The molecule has 0 bridgehead atoms. The van der Waals surface area contributed by atoms with Gasteiger partial charge in [0.2, 0.25) is 0 Å². The van der Waals surface area contributed by atoms with Gasteiger partial charge in [0.05, 0.1) is 6.61 Å². The third kappa shape index (κ3) is 4.23. The second kappa shape index (κ2) is 6.17. The van der Waals surface area contributed by atoms with E-state index >= 15 is 0 Å². The molecule has 1 saturated carbocycles. The van der Waals surface area contributed by atoms with Crippen LogP contribution in [0.2, 0.25) is 0 Å². The first-order chi connectivity index (χ1) is 7.91. The van der Waals surface area contributed by atoms with Crippen LogP contribution in [0.25, 0.3) is 0 Å². The normalized spacial score (nSPS) is 20.6. The number of nitrogens with two attached hydrogens (primary N) is 1. The largest absolute Gasteiger partial charge is 0.383 e. The molecule has 0 saturated heterocycles. The highest BCUT2D eigenvalue weighted by molar-refractivity contribution is 4.92. The van der Waals surface area contributed by atoms with Gasteiger partial charge in [-0.2, -0.15) is 0 Å². The Labute approximate surface area is 107 Å². The van der Waals surface area contributed by atoms with Crippen molar-refractivity contribution in [2.45, 2.75) is 52.6 Å². The Morgan fingerprint density at radius 3 is 2.29 bits per heavy atom. The van der Waals surface area contributed by atoms with Crippen molar-refractivity contribution in [3.05, 3.63) is 0 Å². The second-order valence-electron chi connectivity index (χ2n) is 6.43. The van der Waals surface area contributed by atoms with E-state index in [1.54, 1.807) is 7.11 Å². The number of ether oxygens (including phenoxy) is 1. The Balaban J connectivity index is 2.71. The highest BCUT2D eigenvalue weighted by atomic mass is 16.5. The van der Waals surface area contributed by atoms with Crippen molar-refractivity contribution in [1.82, 2.24) is 4.90 Å². The lowest BCUT2D eigenvalue weighted by Crippen LogP contribution is -2.54. The predicted octanol–water partition coefficient (Wildman–Crippen LogP) is 2.11. The molecule has 0 radical (unpaired) electrons. The van der Waals surface area contributed by atoms with Crippen LogP contribution < -0.4 is 5.73 Å². The van der Waals surface area contributed by atoms with Gasteiger partial charge in [-0.25, -0.2) is 0 Å². The maximum absolute atomic E-state index is 6.01. The first-order valence-electron chi connectivity index (χ1n) is 6.86. The molecule has 2 atom stereocenters. The van der Waals surface area contributed by atoms with E-state index in [0.717, 1.165) is 25.6 Å². The monoisotopic (exact) mass is 242 g/mol. The van der Waals surface area contributed by atoms with Gasteiger partial charge in [0, 0.05) is 32.3 Å². The second-order valence-corrected chi connectivity index (χ2v) is 6.43. The summed E-state index contributed by atoms with van der Waals surface area (Å²) in [7, 11) is 1.77. The smallest absolute Gasteiger partial charge is 0.0589 e. The van der Waals surface area contributed by atoms with Crippen molar-refractivity contribution in [3.63, 3.8) is 0 Å². The Hall–Kier alpha value is -0.120. The Morgan fingerprint density at radius 1 is 1.35 bits per heavy atom. The summed E-state index contributed by atoms with van der Waals surface area (Å²) in [4.78, 5) is 2.57. The molecule has 0 aromatic heterocycles. The molecule has 1 aliphatic carbocycles. The van der Waals surface area contributed by atoms with Crippen LogP contribution in [0, 0.1) is 11.3 Å². The van der Waals surface area contributed by atoms with Gasteiger partial charge in [0.25, 0.3) is 0 Å². The molecule has 0 aliphatic heterocycles. The molecule has 17 heavy (non-hydrogen) atoms. The van der Waals surface area contributed by atoms with Crippen molar-refractivity contribution in [3.8, 4) is 0 Å². The summed E-state index contributed by atoms with van der Waals surface area (Å²) in [6.45, 7) is 11.7. The summed E-state index contributed by atoms with van der Waals surface area (Å²) in [6, 6.07) is 1.08. The summed E-state index contributed by atoms with van der Waals surface area (Å²) in [6.07, 6.45) is 2.76. The summed E-state index contributed by atoms with van der Waals surface area (Å²) >= 11 is 0. The minimum absolute atomic E-state index is 0.228. The highest BCUT2D eigenvalue weighted by Gasteiger charge is 2.38. The molecule has 1 aliphatic rings. The van der Waals surface area contributed by atoms with Gasteiger partial charge in [-0.15, -0.1) is 0 Å². The third-order valence-corrected chi connectivity index (χ3v) is 4.00. The maximum atomic E-state index is 6.01. The average Bonchev–Trinajstić information content (AvgIpc) is 3.04. The Kier molecular flexibility index (Phi) is 5.42. The lowest BCUT2D eigenvalue weighted by atomic mass is 9.84.